The van der Waals surface area contributed by atoms with E-state index in [1.54, 1.807) is 60.7 Å². The van der Waals surface area contributed by atoms with Crippen molar-refractivity contribution >= 4 is 50.2 Å². The van der Waals surface area contributed by atoms with Crippen LogP contribution in [0.15, 0.2) is 93.0 Å². The Balaban J connectivity index is 1.58. The summed E-state index contributed by atoms with van der Waals surface area (Å²) in [5.41, 5.74) is 1.91. The number of hydrogen-bond donors (Lipinski definition) is 2. The molecule has 0 saturated carbocycles. The van der Waals surface area contributed by atoms with Crippen LogP contribution in [0.2, 0.25) is 0 Å². The number of halogens is 1. The number of aliphatic hydroxyl groups is 1. The lowest BCUT2D eigenvalue weighted by Gasteiger charge is -2.27. The van der Waals surface area contributed by atoms with Crippen LogP contribution in [0, 0.1) is 0 Å². The monoisotopic (exact) mass is 561 g/mol. The van der Waals surface area contributed by atoms with Crippen molar-refractivity contribution in [3.05, 3.63) is 105 Å². The minimum atomic E-state index is -0.994. The van der Waals surface area contributed by atoms with Gasteiger partial charge in [0.2, 0.25) is 5.78 Å². The highest BCUT2D eigenvalue weighted by Gasteiger charge is 2.45. The van der Waals surface area contributed by atoms with E-state index in [2.05, 4.69) is 15.9 Å². The molecule has 1 unspecified atom stereocenters. The fraction of sp³-hybridized carbons (Fsp3) is 0.107. The van der Waals surface area contributed by atoms with Gasteiger partial charge in [-0.25, -0.2) is 0 Å². The van der Waals surface area contributed by atoms with Crippen LogP contribution in [0.1, 0.15) is 27.7 Å². The molecular weight excluding hydrogens is 542 g/mol. The van der Waals surface area contributed by atoms with Crippen LogP contribution in [0.3, 0.4) is 0 Å². The molecule has 1 atom stereocenters. The molecule has 0 aliphatic carbocycles. The number of ether oxygens (including phenoxy) is 1. The second kappa shape index (κ2) is 9.59. The smallest absolute Gasteiger partial charge is 0.309 e. The van der Waals surface area contributed by atoms with Crippen LogP contribution >= 0.6 is 15.9 Å². The number of carbonyl (C=O) groups is 3. The van der Waals surface area contributed by atoms with Crippen LogP contribution in [0.4, 0.5) is 5.69 Å². The molecule has 3 aromatic carbocycles. The van der Waals surface area contributed by atoms with E-state index in [0.29, 0.717) is 27.8 Å². The lowest BCUT2D eigenvalue weighted by Crippen LogP contribution is -2.31. The van der Waals surface area contributed by atoms with E-state index in [1.807, 2.05) is 0 Å². The van der Waals surface area contributed by atoms with Crippen molar-refractivity contribution in [3.63, 3.8) is 0 Å². The van der Waals surface area contributed by atoms with E-state index in [0.717, 1.165) is 4.47 Å². The van der Waals surface area contributed by atoms with Crippen molar-refractivity contribution in [3.8, 4) is 5.75 Å². The summed E-state index contributed by atoms with van der Waals surface area (Å²) in [6.45, 7) is 0. The lowest BCUT2D eigenvalue weighted by atomic mass is 9.94. The zero-order chi connectivity index (χ0) is 26.3. The van der Waals surface area contributed by atoms with Crippen molar-refractivity contribution in [1.82, 2.24) is 0 Å². The molecule has 0 fully saturated rings. The summed E-state index contributed by atoms with van der Waals surface area (Å²) in [7, 11) is 1.30. The first-order valence-electron chi connectivity index (χ1n) is 11.2. The Labute approximate surface area is 219 Å². The van der Waals surface area contributed by atoms with Gasteiger partial charge in [-0.15, -0.1) is 0 Å². The quantitative estimate of drug-likeness (QED) is 0.239. The van der Waals surface area contributed by atoms with Crippen molar-refractivity contribution in [2.24, 2.45) is 0 Å². The number of ketones is 1. The number of aliphatic hydroxyl groups excluding tert-OH is 1. The number of benzene rings is 3. The zero-order valence-corrected chi connectivity index (χ0v) is 21.1. The Hall–Kier alpha value is -4.37. The molecule has 0 radical (unpaired) electrons. The molecule has 0 saturated heterocycles. The van der Waals surface area contributed by atoms with Crippen LogP contribution in [0.25, 0.3) is 11.0 Å². The summed E-state index contributed by atoms with van der Waals surface area (Å²) in [5.74, 6) is -2.51. The molecule has 1 amide bonds. The van der Waals surface area contributed by atoms with E-state index >= 15 is 0 Å². The summed E-state index contributed by atoms with van der Waals surface area (Å²) in [6, 6.07) is 18.5. The molecular formula is C28H20BrNO7. The van der Waals surface area contributed by atoms with Gasteiger partial charge in [0.05, 0.1) is 25.1 Å². The molecule has 2 heterocycles. The summed E-state index contributed by atoms with van der Waals surface area (Å²) < 4.78 is 11.3. The standard InChI is InChI=1S/C28H20BrNO7/c1-36-23(32)12-15-2-7-19(8-3-15)30-25(16-4-9-20(31)10-5-16)24(27(34)28(30)35)26(33)22-14-17-13-18(29)6-11-21(17)37-22/h2-11,13-14,25,31,34H,12H2,1H3. The summed E-state index contributed by atoms with van der Waals surface area (Å²) in [4.78, 5) is 39.9. The molecule has 0 spiro atoms. The van der Waals surface area contributed by atoms with E-state index in [4.69, 9.17) is 9.15 Å². The molecule has 4 aromatic rings. The molecule has 2 N–H and O–H groups in total. The van der Waals surface area contributed by atoms with Crippen molar-refractivity contribution < 1.29 is 33.8 Å². The number of carbonyl (C=O) groups excluding carboxylic acids is 3. The second-order valence-corrected chi connectivity index (χ2v) is 9.39. The van der Waals surface area contributed by atoms with Crippen molar-refractivity contribution in [2.45, 2.75) is 12.5 Å². The van der Waals surface area contributed by atoms with E-state index < -0.39 is 29.5 Å². The first kappa shape index (κ1) is 24.3. The lowest BCUT2D eigenvalue weighted by molar-refractivity contribution is -0.139. The molecule has 37 heavy (non-hydrogen) atoms. The Morgan fingerprint density at radius 3 is 2.38 bits per heavy atom. The minimum Gasteiger partial charge on any atom is -0.508 e. The largest absolute Gasteiger partial charge is 0.508 e. The van der Waals surface area contributed by atoms with Crippen molar-refractivity contribution in [2.75, 3.05) is 12.0 Å². The van der Waals surface area contributed by atoms with Gasteiger partial charge < -0.3 is 19.4 Å². The summed E-state index contributed by atoms with van der Waals surface area (Å²) in [5, 5.41) is 21.4. The van der Waals surface area contributed by atoms with Gasteiger partial charge in [0.15, 0.2) is 11.5 Å². The third-order valence-corrected chi connectivity index (χ3v) is 6.65. The number of aromatic hydroxyl groups is 1. The van der Waals surface area contributed by atoms with Gasteiger partial charge in [0, 0.05) is 15.5 Å². The van der Waals surface area contributed by atoms with Gasteiger partial charge in [-0.2, -0.15) is 0 Å². The zero-order valence-electron chi connectivity index (χ0n) is 19.5. The Morgan fingerprint density at radius 1 is 1.00 bits per heavy atom. The first-order valence-corrected chi connectivity index (χ1v) is 12.0. The average Bonchev–Trinajstić information content (AvgIpc) is 3.43. The Kier molecular flexibility index (Phi) is 6.31. The average molecular weight is 562 g/mol. The van der Waals surface area contributed by atoms with E-state index in [-0.39, 0.29) is 23.5 Å². The number of furan rings is 1. The molecule has 0 bridgehead atoms. The predicted octanol–water partition coefficient (Wildman–Crippen LogP) is 5.40. The third-order valence-electron chi connectivity index (χ3n) is 6.15. The van der Waals surface area contributed by atoms with E-state index in [1.165, 1.54) is 24.1 Å². The highest BCUT2D eigenvalue weighted by Crippen LogP contribution is 2.42. The van der Waals surface area contributed by atoms with Crippen LogP contribution in [-0.2, 0) is 20.7 Å². The molecule has 8 nitrogen and oxygen atoms in total. The number of fused-ring (bicyclic) bond motifs is 1. The number of phenols is 1. The van der Waals surface area contributed by atoms with Gasteiger partial charge in [0.25, 0.3) is 5.91 Å². The number of nitrogens with zero attached hydrogens (tertiary/aromatic N) is 1. The Bertz CT molecular complexity index is 1570. The molecule has 1 aliphatic heterocycles. The van der Waals surface area contributed by atoms with Crippen LogP contribution in [0.5, 0.6) is 5.75 Å². The molecule has 186 valence electrons. The normalized spacial score (nSPS) is 15.5. The fourth-order valence-electron chi connectivity index (χ4n) is 4.35. The highest BCUT2D eigenvalue weighted by atomic mass is 79.9. The van der Waals surface area contributed by atoms with Crippen LogP contribution in [-0.4, -0.2) is 35.0 Å². The Morgan fingerprint density at radius 2 is 1.70 bits per heavy atom. The highest BCUT2D eigenvalue weighted by molar-refractivity contribution is 9.10. The topological polar surface area (TPSA) is 117 Å². The number of hydrogen-bond acceptors (Lipinski definition) is 7. The number of rotatable bonds is 6. The van der Waals surface area contributed by atoms with Gasteiger partial charge in [-0.1, -0.05) is 40.2 Å². The summed E-state index contributed by atoms with van der Waals surface area (Å²) in [6.07, 6.45) is 0.0571. The second-order valence-electron chi connectivity index (χ2n) is 8.47. The maximum Gasteiger partial charge on any atom is 0.309 e. The van der Waals surface area contributed by atoms with E-state index in [9.17, 15) is 24.6 Å². The number of Topliss-reactive ketones (excluding diaryl/α,β-unsaturated/α-hetero) is 1. The first-order chi connectivity index (χ1) is 17.8. The predicted molar refractivity (Wildman–Crippen MR) is 138 cm³/mol. The van der Waals surface area contributed by atoms with Gasteiger partial charge in [-0.3, -0.25) is 19.3 Å². The summed E-state index contributed by atoms with van der Waals surface area (Å²) >= 11 is 3.39. The number of anilines is 1. The SMILES string of the molecule is COC(=O)Cc1ccc(N2C(=O)C(O)=C(C(=O)c3cc4cc(Br)ccc4o3)C2c2ccc(O)cc2)cc1. The third kappa shape index (κ3) is 4.49. The van der Waals surface area contributed by atoms with Crippen LogP contribution < -0.4 is 4.90 Å². The number of amides is 1. The van der Waals surface area contributed by atoms with Gasteiger partial charge in [0.1, 0.15) is 11.3 Å². The number of methoxy groups -OCH3 is 1. The maximum atomic E-state index is 13.7. The minimum absolute atomic E-state index is 0.00993. The van der Waals surface area contributed by atoms with Gasteiger partial charge in [-0.05, 0) is 59.7 Å². The fourth-order valence-corrected chi connectivity index (χ4v) is 4.73. The number of phenolic OH excluding ortho intramolecular Hbond substituents is 1. The van der Waals surface area contributed by atoms with Crippen molar-refractivity contribution in [1.29, 1.82) is 0 Å². The molecule has 9 heteroatoms. The number of esters is 1. The molecule has 1 aliphatic rings. The maximum absolute atomic E-state index is 13.7. The molecule has 5 rings (SSSR count). The molecule has 1 aromatic heterocycles. The van der Waals surface area contributed by atoms with Gasteiger partial charge >= 0.3 is 5.97 Å².